The molecule has 0 aliphatic carbocycles. The first-order valence-electron chi connectivity index (χ1n) is 9.87. The summed E-state index contributed by atoms with van der Waals surface area (Å²) in [6.07, 6.45) is -4.80. The van der Waals surface area contributed by atoms with Gasteiger partial charge in [-0.1, -0.05) is 25.1 Å². The van der Waals surface area contributed by atoms with Crippen LogP contribution in [0.4, 0.5) is 23.4 Å². The predicted octanol–water partition coefficient (Wildman–Crippen LogP) is 5.19. The summed E-state index contributed by atoms with van der Waals surface area (Å²) in [5.74, 6) is -1.32. The number of carbonyl (C=O) groups is 1. The lowest BCUT2D eigenvalue weighted by Gasteiger charge is -2.15. The minimum Gasteiger partial charge on any atom is -0.310 e. The van der Waals surface area contributed by atoms with Crippen LogP contribution in [0.2, 0.25) is 0 Å². The van der Waals surface area contributed by atoms with Gasteiger partial charge >= 0.3 is 6.18 Å². The fraction of sp³-hybridized carbons (Fsp3) is 0.217. The summed E-state index contributed by atoms with van der Waals surface area (Å²) in [6.45, 7) is 3.03. The zero-order valence-corrected chi connectivity index (χ0v) is 18.5. The first kappa shape index (κ1) is 24.4. The molecule has 33 heavy (non-hydrogen) atoms. The number of carbonyl (C=O) groups excluding carboxylic acids is 1. The molecule has 0 aliphatic heterocycles. The van der Waals surface area contributed by atoms with Crippen LogP contribution in [0.1, 0.15) is 23.7 Å². The molecule has 0 spiro atoms. The average Bonchev–Trinajstić information content (AvgIpc) is 2.74. The topological polar surface area (TPSA) is 76.1 Å². The molecule has 0 saturated heterocycles. The summed E-state index contributed by atoms with van der Waals surface area (Å²) in [4.78, 5) is 16.7. The molecule has 10 heteroatoms. The quantitative estimate of drug-likeness (QED) is 0.493. The number of aromatic nitrogens is 1. The van der Waals surface area contributed by atoms with Crippen LogP contribution in [0.5, 0.6) is 0 Å². The van der Waals surface area contributed by atoms with Crippen LogP contribution in [0, 0.1) is 12.7 Å². The Hall–Kier alpha value is -3.27. The van der Waals surface area contributed by atoms with Crippen molar-refractivity contribution in [1.82, 2.24) is 4.98 Å². The smallest absolute Gasteiger partial charge is 0.310 e. The molecule has 0 aliphatic rings. The van der Waals surface area contributed by atoms with E-state index in [0.29, 0.717) is 11.6 Å². The van der Waals surface area contributed by atoms with Crippen molar-refractivity contribution < 1.29 is 30.8 Å². The van der Waals surface area contributed by atoms with Crippen molar-refractivity contribution in [2.75, 3.05) is 11.1 Å². The van der Waals surface area contributed by atoms with Crippen LogP contribution in [-0.4, -0.2) is 25.1 Å². The second-order valence-corrected chi connectivity index (χ2v) is 9.57. The number of aryl methyl sites for hydroxylation is 1. The van der Waals surface area contributed by atoms with Gasteiger partial charge in [-0.3, -0.25) is 4.79 Å². The summed E-state index contributed by atoms with van der Waals surface area (Å²) in [6, 6.07) is 11.1. The second kappa shape index (κ2) is 9.30. The number of halogens is 4. The number of nitrogens with zero attached hydrogens (tertiary/aromatic N) is 1. The number of rotatable bonds is 6. The number of nitrogens with one attached hydrogen (secondary N) is 1. The SMILES string of the molecule is CCS(=O)(=O)c1ccc(CC(=O)Nc2ccc(-c3ccc(F)cc3C(F)(F)F)c(C)n2)cc1. The second-order valence-electron chi connectivity index (χ2n) is 7.29. The zero-order valence-electron chi connectivity index (χ0n) is 17.7. The first-order chi connectivity index (χ1) is 15.4. The molecule has 0 unspecified atom stereocenters. The highest BCUT2D eigenvalue weighted by Crippen LogP contribution is 2.38. The Morgan fingerprint density at radius 2 is 1.64 bits per heavy atom. The minimum atomic E-state index is -4.75. The predicted molar refractivity (Wildman–Crippen MR) is 116 cm³/mol. The number of hydrogen-bond acceptors (Lipinski definition) is 4. The largest absolute Gasteiger partial charge is 0.417 e. The molecule has 174 valence electrons. The molecule has 2 aromatic carbocycles. The lowest BCUT2D eigenvalue weighted by atomic mass is 9.98. The summed E-state index contributed by atoms with van der Waals surface area (Å²) in [7, 11) is -3.34. The molecule has 1 N–H and O–H groups in total. The van der Waals surface area contributed by atoms with Crippen molar-refractivity contribution in [2.45, 2.75) is 31.3 Å². The van der Waals surface area contributed by atoms with Crippen molar-refractivity contribution in [1.29, 1.82) is 0 Å². The number of anilines is 1. The van der Waals surface area contributed by atoms with Crippen molar-refractivity contribution in [3.63, 3.8) is 0 Å². The number of hydrogen-bond donors (Lipinski definition) is 1. The monoisotopic (exact) mass is 480 g/mol. The Labute approximate surface area is 188 Å². The van der Waals surface area contributed by atoms with Gasteiger partial charge in [0.1, 0.15) is 11.6 Å². The van der Waals surface area contributed by atoms with Gasteiger partial charge in [-0.2, -0.15) is 13.2 Å². The molecule has 1 amide bonds. The molecule has 5 nitrogen and oxygen atoms in total. The molecule has 0 bridgehead atoms. The number of sulfone groups is 1. The van der Waals surface area contributed by atoms with Crippen molar-refractivity contribution in [3.8, 4) is 11.1 Å². The Morgan fingerprint density at radius 1 is 1.00 bits per heavy atom. The first-order valence-corrected chi connectivity index (χ1v) is 11.5. The van der Waals surface area contributed by atoms with Crippen LogP contribution in [0.3, 0.4) is 0 Å². The van der Waals surface area contributed by atoms with E-state index in [1.54, 1.807) is 0 Å². The summed E-state index contributed by atoms with van der Waals surface area (Å²) in [5, 5.41) is 2.57. The van der Waals surface area contributed by atoms with E-state index in [9.17, 15) is 30.8 Å². The van der Waals surface area contributed by atoms with Crippen LogP contribution in [-0.2, 0) is 27.2 Å². The zero-order chi connectivity index (χ0) is 24.4. The molecular weight excluding hydrogens is 460 g/mol. The van der Waals surface area contributed by atoms with Crippen molar-refractivity contribution in [3.05, 3.63) is 77.2 Å². The summed E-state index contributed by atoms with van der Waals surface area (Å²) in [5.41, 5.74) is -0.365. The van der Waals surface area contributed by atoms with Crippen LogP contribution in [0.25, 0.3) is 11.1 Å². The summed E-state index contributed by atoms with van der Waals surface area (Å²) >= 11 is 0. The fourth-order valence-electron chi connectivity index (χ4n) is 3.25. The van der Waals surface area contributed by atoms with Crippen LogP contribution in [0.15, 0.2) is 59.5 Å². The number of pyridine rings is 1. The maximum Gasteiger partial charge on any atom is 0.417 e. The van der Waals surface area contributed by atoms with E-state index in [4.69, 9.17) is 0 Å². The van der Waals surface area contributed by atoms with Gasteiger partial charge in [0.2, 0.25) is 5.91 Å². The maximum atomic E-state index is 13.4. The highest BCUT2D eigenvalue weighted by molar-refractivity contribution is 7.91. The highest BCUT2D eigenvalue weighted by atomic mass is 32.2. The van der Waals surface area contributed by atoms with E-state index in [-0.39, 0.29) is 39.7 Å². The Kier molecular flexibility index (Phi) is 6.87. The average molecular weight is 480 g/mol. The van der Waals surface area contributed by atoms with Gasteiger partial charge in [0, 0.05) is 11.3 Å². The lowest BCUT2D eigenvalue weighted by molar-refractivity contribution is -0.137. The van der Waals surface area contributed by atoms with E-state index in [0.717, 1.165) is 12.1 Å². The van der Waals surface area contributed by atoms with Crippen molar-refractivity contribution in [2.24, 2.45) is 0 Å². The molecule has 1 aromatic heterocycles. The number of amides is 1. The molecule has 1 heterocycles. The Morgan fingerprint density at radius 3 is 2.21 bits per heavy atom. The normalized spacial score (nSPS) is 11.9. The molecule has 0 atom stereocenters. The Bertz CT molecular complexity index is 1290. The molecule has 3 aromatic rings. The molecule has 0 fully saturated rings. The van der Waals surface area contributed by atoms with E-state index in [1.165, 1.54) is 50.2 Å². The van der Waals surface area contributed by atoms with Gasteiger partial charge in [-0.05, 0) is 54.4 Å². The van der Waals surface area contributed by atoms with Gasteiger partial charge in [-0.15, -0.1) is 0 Å². The number of benzene rings is 2. The van der Waals surface area contributed by atoms with E-state index >= 15 is 0 Å². The van der Waals surface area contributed by atoms with Gasteiger partial charge < -0.3 is 5.32 Å². The fourth-order valence-corrected chi connectivity index (χ4v) is 4.14. The maximum absolute atomic E-state index is 13.4. The van der Waals surface area contributed by atoms with Crippen LogP contribution < -0.4 is 5.32 Å². The van der Waals surface area contributed by atoms with Crippen LogP contribution >= 0.6 is 0 Å². The minimum absolute atomic E-state index is 0.0315. The third-order valence-electron chi connectivity index (χ3n) is 4.96. The standard InChI is InChI=1S/C23H20F4N2O3S/c1-3-33(31,32)17-7-4-15(5-8-17)12-22(30)29-21-11-10-18(14(2)28-21)19-9-6-16(24)13-20(19)23(25,26)27/h4-11,13H,3,12H2,1-2H3,(H,28,29,30). The van der Waals surface area contributed by atoms with E-state index in [2.05, 4.69) is 10.3 Å². The molecular formula is C23H20F4N2O3S. The van der Waals surface area contributed by atoms with Gasteiger partial charge in [0.15, 0.2) is 9.84 Å². The Balaban J connectivity index is 1.77. The third kappa shape index (κ3) is 5.75. The lowest BCUT2D eigenvalue weighted by Crippen LogP contribution is -2.16. The third-order valence-corrected chi connectivity index (χ3v) is 6.71. The highest BCUT2D eigenvalue weighted by Gasteiger charge is 2.34. The molecule has 0 saturated carbocycles. The van der Waals surface area contributed by atoms with Gasteiger partial charge in [0.25, 0.3) is 0 Å². The summed E-state index contributed by atoms with van der Waals surface area (Å²) < 4.78 is 77.1. The van der Waals surface area contributed by atoms with E-state index in [1.807, 2.05) is 0 Å². The molecule has 0 radical (unpaired) electrons. The van der Waals surface area contributed by atoms with Gasteiger partial charge in [0.05, 0.1) is 22.6 Å². The van der Waals surface area contributed by atoms with Gasteiger partial charge in [-0.25, -0.2) is 17.8 Å². The molecule has 3 rings (SSSR count). The number of alkyl halides is 3. The van der Waals surface area contributed by atoms with Crippen molar-refractivity contribution >= 4 is 21.6 Å². The van der Waals surface area contributed by atoms with E-state index < -0.39 is 33.3 Å².